The van der Waals surface area contributed by atoms with Gasteiger partial charge in [0.25, 0.3) is 0 Å². The maximum atomic E-state index is 6.19. The largest absolute Gasteiger partial charge is 0.397 e. The first-order valence-electron chi connectivity index (χ1n) is 6.91. The smallest absolute Gasteiger partial charge is 0.0674 e. The van der Waals surface area contributed by atoms with E-state index in [0.29, 0.717) is 0 Å². The molecular formula is C17H22N2. The maximum absolute atomic E-state index is 6.19. The molecule has 2 nitrogen and oxygen atoms in total. The minimum atomic E-state index is 0.847. The van der Waals surface area contributed by atoms with Gasteiger partial charge in [0.1, 0.15) is 0 Å². The number of unbranched alkanes of at least 4 members (excludes halogenated alkanes) is 1. The summed E-state index contributed by atoms with van der Waals surface area (Å²) in [6.45, 7) is 5.33. The Balaban J connectivity index is 2.43. The van der Waals surface area contributed by atoms with Crippen LogP contribution in [0.3, 0.4) is 0 Å². The summed E-state index contributed by atoms with van der Waals surface area (Å²) >= 11 is 0. The Hall–Kier alpha value is -1.96. The number of anilines is 3. The number of hydrogen-bond acceptors (Lipinski definition) is 2. The van der Waals surface area contributed by atoms with Crippen molar-refractivity contribution in [2.24, 2.45) is 0 Å². The van der Waals surface area contributed by atoms with E-state index in [9.17, 15) is 0 Å². The quantitative estimate of drug-likeness (QED) is 0.795. The normalized spacial score (nSPS) is 10.4. The van der Waals surface area contributed by atoms with Gasteiger partial charge in [0.05, 0.1) is 11.4 Å². The molecule has 2 rings (SSSR count). The van der Waals surface area contributed by atoms with Crippen molar-refractivity contribution in [3.8, 4) is 0 Å². The highest BCUT2D eigenvalue weighted by Crippen LogP contribution is 2.33. The lowest BCUT2D eigenvalue weighted by atomic mass is 10.1. The monoisotopic (exact) mass is 254 g/mol. The van der Waals surface area contributed by atoms with E-state index in [-0.39, 0.29) is 0 Å². The second-order valence-corrected chi connectivity index (χ2v) is 4.85. The molecule has 0 aliphatic heterocycles. The second kappa shape index (κ2) is 6.28. The Morgan fingerprint density at radius 2 is 1.74 bits per heavy atom. The van der Waals surface area contributed by atoms with E-state index in [2.05, 4.69) is 49.1 Å². The van der Waals surface area contributed by atoms with Crippen molar-refractivity contribution in [1.29, 1.82) is 0 Å². The number of benzene rings is 2. The third kappa shape index (κ3) is 3.08. The Labute approximate surface area is 115 Å². The zero-order valence-electron chi connectivity index (χ0n) is 11.8. The molecule has 2 aromatic rings. The molecule has 2 aromatic carbocycles. The van der Waals surface area contributed by atoms with Gasteiger partial charge in [-0.1, -0.05) is 43.7 Å². The van der Waals surface area contributed by atoms with Gasteiger partial charge in [-0.2, -0.15) is 0 Å². The SMILES string of the molecule is CCCCN(c1ccccc1)c1c(C)cccc1N. The molecule has 2 N–H and O–H groups in total. The van der Waals surface area contributed by atoms with Gasteiger partial charge >= 0.3 is 0 Å². The number of nitrogen functional groups attached to an aromatic ring is 1. The number of aryl methyl sites for hydroxylation is 1. The van der Waals surface area contributed by atoms with E-state index >= 15 is 0 Å². The van der Waals surface area contributed by atoms with E-state index in [1.807, 2.05) is 18.2 Å². The van der Waals surface area contributed by atoms with Crippen LogP contribution in [0.4, 0.5) is 17.1 Å². The summed E-state index contributed by atoms with van der Waals surface area (Å²) in [6, 6.07) is 16.6. The van der Waals surface area contributed by atoms with E-state index in [1.54, 1.807) is 0 Å². The highest BCUT2D eigenvalue weighted by atomic mass is 15.1. The summed E-state index contributed by atoms with van der Waals surface area (Å²) in [5, 5.41) is 0. The van der Waals surface area contributed by atoms with Gasteiger partial charge < -0.3 is 10.6 Å². The van der Waals surface area contributed by atoms with E-state index < -0.39 is 0 Å². The molecule has 0 heterocycles. The summed E-state index contributed by atoms with van der Waals surface area (Å²) in [4.78, 5) is 2.33. The first-order chi connectivity index (χ1) is 9.24. The maximum Gasteiger partial charge on any atom is 0.0674 e. The van der Waals surface area contributed by atoms with Crippen LogP contribution in [0, 0.1) is 6.92 Å². The van der Waals surface area contributed by atoms with Crippen molar-refractivity contribution >= 4 is 17.1 Å². The van der Waals surface area contributed by atoms with Crippen LogP contribution in [0.15, 0.2) is 48.5 Å². The summed E-state index contributed by atoms with van der Waals surface area (Å²) in [5.41, 5.74) is 10.6. The molecule has 0 atom stereocenters. The van der Waals surface area contributed by atoms with Gasteiger partial charge in [-0.15, -0.1) is 0 Å². The first-order valence-corrected chi connectivity index (χ1v) is 6.91. The molecule has 2 heteroatoms. The van der Waals surface area contributed by atoms with Crippen molar-refractivity contribution in [2.45, 2.75) is 26.7 Å². The van der Waals surface area contributed by atoms with Crippen LogP contribution in [-0.4, -0.2) is 6.54 Å². The van der Waals surface area contributed by atoms with Gasteiger partial charge in [0.2, 0.25) is 0 Å². The van der Waals surface area contributed by atoms with Crippen molar-refractivity contribution in [3.63, 3.8) is 0 Å². The topological polar surface area (TPSA) is 29.3 Å². The Kier molecular flexibility index (Phi) is 4.45. The molecule has 0 aromatic heterocycles. The predicted molar refractivity (Wildman–Crippen MR) is 83.9 cm³/mol. The highest BCUT2D eigenvalue weighted by Gasteiger charge is 2.13. The zero-order chi connectivity index (χ0) is 13.7. The van der Waals surface area contributed by atoms with Crippen molar-refractivity contribution in [2.75, 3.05) is 17.2 Å². The predicted octanol–water partition coefficient (Wildman–Crippen LogP) is 4.52. The molecule has 0 radical (unpaired) electrons. The third-order valence-corrected chi connectivity index (χ3v) is 3.34. The Morgan fingerprint density at radius 3 is 2.37 bits per heavy atom. The van der Waals surface area contributed by atoms with Crippen LogP contribution in [0.2, 0.25) is 0 Å². The Morgan fingerprint density at radius 1 is 1.00 bits per heavy atom. The molecule has 0 amide bonds. The lowest BCUT2D eigenvalue weighted by Crippen LogP contribution is -2.20. The van der Waals surface area contributed by atoms with Crippen LogP contribution in [-0.2, 0) is 0 Å². The minimum absolute atomic E-state index is 0.847. The minimum Gasteiger partial charge on any atom is -0.397 e. The van der Waals surface area contributed by atoms with Gasteiger partial charge in [-0.25, -0.2) is 0 Å². The summed E-state index contributed by atoms with van der Waals surface area (Å²) in [7, 11) is 0. The van der Waals surface area contributed by atoms with E-state index in [1.165, 1.54) is 17.7 Å². The third-order valence-electron chi connectivity index (χ3n) is 3.34. The molecular weight excluding hydrogens is 232 g/mol. The summed E-state index contributed by atoms with van der Waals surface area (Å²) in [5.74, 6) is 0. The molecule has 0 saturated heterocycles. The molecule has 100 valence electrons. The number of para-hydroxylation sites is 2. The fraction of sp³-hybridized carbons (Fsp3) is 0.294. The molecule has 0 aliphatic rings. The first kappa shape index (κ1) is 13.5. The lowest BCUT2D eigenvalue weighted by Gasteiger charge is -2.28. The molecule has 0 bridgehead atoms. The number of rotatable bonds is 5. The molecule has 19 heavy (non-hydrogen) atoms. The fourth-order valence-electron chi connectivity index (χ4n) is 2.34. The lowest BCUT2D eigenvalue weighted by molar-refractivity contribution is 0.785. The molecule has 0 aliphatic carbocycles. The van der Waals surface area contributed by atoms with Gasteiger partial charge in [0, 0.05) is 12.2 Å². The molecule has 0 unspecified atom stereocenters. The van der Waals surface area contributed by atoms with Crippen LogP contribution in [0.1, 0.15) is 25.3 Å². The van der Waals surface area contributed by atoms with E-state index in [0.717, 1.165) is 24.3 Å². The van der Waals surface area contributed by atoms with Gasteiger partial charge in [0.15, 0.2) is 0 Å². The average molecular weight is 254 g/mol. The average Bonchev–Trinajstić information content (AvgIpc) is 2.43. The van der Waals surface area contributed by atoms with E-state index in [4.69, 9.17) is 5.73 Å². The van der Waals surface area contributed by atoms with Crippen LogP contribution in [0.25, 0.3) is 0 Å². The fourth-order valence-corrected chi connectivity index (χ4v) is 2.34. The summed E-state index contributed by atoms with van der Waals surface area (Å²) < 4.78 is 0. The number of nitrogens with two attached hydrogens (primary N) is 1. The van der Waals surface area contributed by atoms with Crippen LogP contribution >= 0.6 is 0 Å². The van der Waals surface area contributed by atoms with Crippen molar-refractivity contribution in [1.82, 2.24) is 0 Å². The van der Waals surface area contributed by atoms with Crippen molar-refractivity contribution < 1.29 is 0 Å². The van der Waals surface area contributed by atoms with Gasteiger partial charge in [-0.05, 0) is 37.1 Å². The van der Waals surface area contributed by atoms with Crippen molar-refractivity contribution in [3.05, 3.63) is 54.1 Å². The second-order valence-electron chi connectivity index (χ2n) is 4.85. The standard InChI is InChI=1S/C17H22N2/c1-3-4-13-19(15-10-6-5-7-11-15)17-14(2)9-8-12-16(17)18/h5-12H,3-4,13,18H2,1-2H3. The molecule has 0 spiro atoms. The van der Waals surface area contributed by atoms with Crippen LogP contribution < -0.4 is 10.6 Å². The zero-order valence-corrected chi connectivity index (χ0v) is 11.8. The number of hydrogen-bond donors (Lipinski definition) is 1. The highest BCUT2D eigenvalue weighted by molar-refractivity contribution is 5.77. The molecule has 0 saturated carbocycles. The number of nitrogens with zero attached hydrogens (tertiary/aromatic N) is 1. The van der Waals surface area contributed by atoms with Crippen LogP contribution in [0.5, 0.6) is 0 Å². The molecule has 0 fully saturated rings. The Bertz CT molecular complexity index is 500. The van der Waals surface area contributed by atoms with Gasteiger partial charge in [-0.3, -0.25) is 0 Å². The summed E-state index contributed by atoms with van der Waals surface area (Å²) in [6.07, 6.45) is 2.33.